The van der Waals surface area contributed by atoms with E-state index in [2.05, 4.69) is 66.1 Å². The summed E-state index contributed by atoms with van der Waals surface area (Å²) in [5.74, 6) is 1.12. The minimum absolute atomic E-state index is 0.250. The number of nitrogens with zero attached hydrogens (tertiary/aromatic N) is 1. The number of aromatic nitrogens is 2. The van der Waals surface area contributed by atoms with E-state index in [0.717, 1.165) is 17.7 Å². The Labute approximate surface area is 153 Å². The number of para-hydroxylation sites is 1. The minimum Gasteiger partial charge on any atom is -0.497 e. The Kier molecular flexibility index (Phi) is 4.21. The van der Waals surface area contributed by atoms with Gasteiger partial charge in [0, 0.05) is 46.7 Å². The Morgan fingerprint density at radius 2 is 1.96 bits per heavy atom. The second kappa shape index (κ2) is 6.54. The quantitative estimate of drug-likeness (QED) is 0.567. The molecule has 0 saturated carbocycles. The molecule has 0 fully saturated rings. The average molecular weight is 347 g/mol. The van der Waals surface area contributed by atoms with E-state index in [1.54, 1.807) is 7.11 Å². The monoisotopic (exact) mass is 347 g/mol. The van der Waals surface area contributed by atoms with Crippen molar-refractivity contribution in [3.05, 3.63) is 65.5 Å². The number of aryl methyl sites for hydroxylation is 1. The lowest BCUT2D eigenvalue weighted by atomic mass is 9.90. The lowest BCUT2D eigenvalue weighted by Gasteiger charge is -2.15. The fourth-order valence-electron chi connectivity index (χ4n) is 4.01. The molecular formula is C22H25N3O. The maximum absolute atomic E-state index is 6.22. The number of aromatic amines is 1. The lowest BCUT2D eigenvalue weighted by molar-refractivity contribution is 0.415. The van der Waals surface area contributed by atoms with Crippen molar-refractivity contribution < 1.29 is 4.74 Å². The van der Waals surface area contributed by atoms with Gasteiger partial charge in [-0.15, -0.1) is 0 Å². The van der Waals surface area contributed by atoms with E-state index in [1.165, 1.54) is 33.1 Å². The smallest absolute Gasteiger partial charge is 0.119 e. The van der Waals surface area contributed by atoms with Crippen molar-refractivity contribution in [1.29, 1.82) is 0 Å². The summed E-state index contributed by atoms with van der Waals surface area (Å²) in [5, 5.41) is 2.51. The fourth-order valence-corrected chi connectivity index (χ4v) is 4.01. The van der Waals surface area contributed by atoms with Gasteiger partial charge >= 0.3 is 0 Å². The van der Waals surface area contributed by atoms with Crippen LogP contribution in [0.25, 0.3) is 21.8 Å². The normalized spacial score (nSPS) is 12.8. The first kappa shape index (κ1) is 16.7. The summed E-state index contributed by atoms with van der Waals surface area (Å²) in [6.45, 7) is 2.80. The van der Waals surface area contributed by atoms with Gasteiger partial charge in [0.25, 0.3) is 0 Å². The van der Waals surface area contributed by atoms with Crippen LogP contribution in [0.2, 0.25) is 0 Å². The number of rotatable bonds is 5. The van der Waals surface area contributed by atoms with Crippen LogP contribution in [0.1, 0.15) is 22.7 Å². The highest BCUT2D eigenvalue weighted by Crippen LogP contribution is 2.33. The van der Waals surface area contributed by atoms with Gasteiger partial charge in [-0.1, -0.05) is 18.2 Å². The molecule has 26 heavy (non-hydrogen) atoms. The molecule has 0 radical (unpaired) electrons. The summed E-state index contributed by atoms with van der Waals surface area (Å²) < 4.78 is 7.68. The number of nitrogens with one attached hydrogen (secondary N) is 1. The van der Waals surface area contributed by atoms with Gasteiger partial charge in [-0.3, -0.25) is 0 Å². The summed E-state index contributed by atoms with van der Waals surface area (Å²) in [6, 6.07) is 14.7. The van der Waals surface area contributed by atoms with Gasteiger partial charge < -0.3 is 20.0 Å². The third kappa shape index (κ3) is 2.58. The van der Waals surface area contributed by atoms with Gasteiger partial charge in [0.15, 0.2) is 0 Å². The molecule has 0 aliphatic heterocycles. The predicted octanol–water partition coefficient (Wildman–Crippen LogP) is 4.26. The van der Waals surface area contributed by atoms with Crippen molar-refractivity contribution in [2.24, 2.45) is 12.8 Å². The van der Waals surface area contributed by atoms with E-state index in [0.29, 0.717) is 6.54 Å². The second-order valence-corrected chi connectivity index (χ2v) is 6.93. The molecule has 1 unspecified atom stereocenters. The Morgan fingerprint density at radius 3 is 2.73 bits per heavy atom. The van der Waals surface area contributed by atoms with Crippen LogP contribution in [-0.4, -0.2) is 23.2 Å². The van der Waals surface area contributed by atoms with Crippen LogP contribution >= 0.6 is 0 Å². The molecule has 2 heterocycles. The first-order valence-electron chi connectivity index (χ1n) is 9.02. The van der Waals surface area contributed by atoms with Gasteiger partial charge in [0.05, 0.1) is 7.11 Å². The lowest BCUT2D eigenvalue weighted by Crippen LogP contribution is -2.15. The Morgan fingerprint density at radius 1 is 1.15 bits per heavy atom. The van der Waals surface area contributed by atoms with E-state index in [-0.39, 0.29) is 5.92 Å². The van der Waals surface area contributed by atoms with Gasteiger partial charge in [-0.2, -0.15) is 0 Å². The molecule has 4 heteroatoms. The number of H-pyrrole nitrogens is 1. The topological polar surface area (TPSA) is 56.0 Å². The Hall–Kier alpha value is -2.72. The number of nitrogens with two attached hydrogens (primary N) is 1. The van der Waals surface area contributed by atoms with Crippen LogP contribution in [0.4, 0.5) is 0 Å². The molecule has 0 bridgehead atoms. The third-order valence-electron chi connectivity index (χ3n) is 5.63. The third-order valence-corrected chi connectivity index (χ3v) is 5.63. The van der Waals surface area contributed by atoms with E-state index in [9.17, 15) is 0 Å². The molecule has 4 rings (SSSR count). The van der Waals surface area contributed by atoms with Crippen LogP contribution in [0.5, 0.6) is 5.75 Å². The standard InChI is InChI=1S/C22H25N3O/c1-14-18(17-6-4-5-7-22(17)25(14)2)10-15(12-23)20-13-24-21-9-8-16(26-3)11-19(20)21/h4-9,11,13,15,24H,10,12,23H2,1-3H3. The highest BCUT2D eigenvalue weighted by atomic mass is 16.5. The van der Waals surface area contributed by atoms with Gasteiger partial charge in [-0.05, 0) is 55.3 Å². The molecule has 1 atom stereocenters. The predicted molar refractivity (Wildman–Crippen MR) is 108 cm³/mol. The van der Waals surface area contributed by atoms with Crippen molar-refractivity contribution >= 4 is 21.8 Å². The van der Waals surface area contributed by atoms with E-state index < -0.39 is 0 Å². The average Bonchev–Trinajstić information content (AvgIpc) is 3.20. The summed E-state index contributed by atoms with van der Waals surface area (Å²) in [7, 11) is 3.84. The highest BCUT2D eigenvalue weighted by Gasteiger charge is 2.20. The van der Waals surface area contributed by atoms with Crippen LogP contribution in [0.15, 0.2) is 48.7 Å². The Balaban J connectivity index is 1.79. The molecule has 0 saturated heterocycles. The molecule has 4 nitrogen and oxygen atoms in total. The van der Waals surface area contributed by atoms with Crippen LogP contribution < -0.4 is 10.5 Å². The summed E-state index contributed by atoms with van der Waals surface area (Å²) in [4.78, 5) is 3.38. The number of hydrogen-bond acceptors (Lipinski definition) is 2. The molecule has 2 aromatic heterocycles. The molecule has 4 aromatic rings. The van der Waals surface area contributed by atoms with Crippen LogP contribution in [-0.2, 0) is 13.5 Å². The van der Waals surface area contributed by atoms with Gasteiger partial charge in [0.1, 0.15) is 5.75 Å². The first-order valence-corrected chi connectivity index (χ1v) is 9.02. The van der Waals surface area contributed by atoms with Crippen LogP contribution in [0, 0.1) is 6.92 Å². The largest absolute Gasteiger partial charge is 0.497 e. The van der Waals surface area contributed by atoms with E-state index in [1.807, 2.05) is 6.07 Å². The maximum Gasteiger partial charge on any atom is 0.119 e. The number of fused-ring (bicyclic) bond motifs is 2. The Bertz CT molecular complexity index is 1070. The highest BCUT2D eigenvalue weighted by molar-refractivity contribution is 5.87. The summed E-state index contributed by atoms with van der Waals surface area (Å²) >= 11 is 0. The SMILES string of the molecule is COc1ccc2[nH]cc(C(CN)Cc3c(C)n(C)c4ccccc34)c2c1. The maximum atomic E-state index is 6.22. The zero-order valence-electron chi connectivity index (χ0n) is 15.5. The fraction of sp³-hybridized carbons (Fsp3) is 0.273. The zero-order chi connectivity index (χ0) is 18.3. The molecule has 0 spiro atoms. The van der Waals surface area contributed by atoms with E-state index in [4.69, 9.17) is 10.5 Å². The number of methoxy groups -OCH3 is 1. The zero-order valence-corrected chi connectivity index (χ0v) is 15.5. The summed E-state index contributed by atoms with van der Waals surface area (Å²) in [6.07, 6.45) is 3.02. The minimum atomic E-state index is 0.250. The first-order chi connectivity index (χ1) is 12.6. The number of hydrogen-bond donors (Lipinski definition) is 2. The molecule has 0 aliphatic rings. The van der Waals surface area contributed by atoms with Crippen LogP contribution in [0.3, 0.4) is 0 Å². The van der Waals surface area contributed by atoms with Crippen molar-refractivity contribution in [2.45, 2.75) is 19.3 Å². The molecule has 134 valence electrons. The molecule has 0 amide bonds. The molecule has 3 N–H and O–H groups in total. The van der Waals surface area contributed by atoms with Crippen molar-refractivity contribution in [3.63, 3.8) is 0 Å². The van der Waals surface area contributed by atoms with Crippen molar-refractivity contribution in [1.82, 2.24) is 9.55 Å². The summed E-state index contributed by atoms with van der Waals surface area (Å²) in [5.41, 5.74) is 12.6. The van der Waals surface area contributed by atoms with E-state index >= 15 is 0 Å². The van der Waals surface area contributed by atoms with Gasteiger partial charge in [0.2, 0.25) is 0 Å². The molecule has 0 aliphatic carbocycles. The number of ether oxygens (including phenoxy) is 1. The second-order valence-electron chi connectivity index (χ2n) is 6.93. The van der Waals surface area contributed by atoms with Gasteiger partial charge in [-0.25, -0.2) is 0 Å². The molecular weight excluding hydrogens is 322 g/mol. The molecule has 2 aromatic carbocycles. The van der Waals surface area contributed by atoms with Crippen molar-refractivity contribution in [2.75, 3.05) is 13.7 Å². The number of benzene rings is 2. The van der Waals surface area contributed by atoms with Crippen molar-refractivity contribution in [3.8, 4) is 5.75 Å².